The summed E-state index contributed by atoms with van der Waals surface area (Å²) in [6.07, 6.45) is 4.62. The molecule has 0 fully saturated rings. The monoisotopic (exact) mass is 262 g/mol. The van der Waals surface area contributed by atoms with Crippen molar-refractivity contribution in [1.29, 1.82) is 0 Å². The van der Waals surface area contributed by atoms with Crippen LogP contribution in [0, 0.1) is 5.82 Å². The number of rotatable bonds is 4. The predicted octanol–water partition coefficient (Wildman–Crippen LogP) is 3.10. The lowest BCUT2D eigenvalue weighted by Gasteiger charge is -2.13. The maximum atomic E-state index is 13.6. The smallest absolute Gasteiger partial charge is 0.126 e. The van der Waals surface area contributed by atoms with Crippen molar-refractivity contribution in [3.8, 4) is 0 Å². The largest absolute Gasteiger partial charge is 0.309 e. The van der Waals surface area contributed by atoms with Crippen molar-refractivity contribution in [2.75, 3.05) is 6.54 Å². The molecule has 1 aromatic carbocycles. The van der Waals surface area contributed by atoms with E-state index in [1.165, 1.54) is 0 Å². The van der Waals surface area contributed by atoms with E-state index in [2.05, 4.69) is 10.3 Å². The normalized spacial score (nSPS) is 17.9. The van der Waals surface area contributed by atoms with E-state index < -0.39 is 0 Å². The third-order valence-corrected chi connectivity index (χ3v) is 4.27. The number of benzene rings is 1. The number of nitrogens with one attached hydrogen (secondary N) is 1. The molecule has 2 aromatic rings. The Morgan fingerprint density at radius 1 is 1.44 bits per heavy atom. The van der Waals surface area contributed by atoms with E-state index in [-0.39, 0.29) is 5.82 Å². The van der Waals surface area contributed by atoms with Crippen LogP contribution in [0.25, 0.3) is 0 Å². The van der Waals surface area contributed by atoms with Gasteiger partial charge in [-0.1, -0.05) is 12.1 Å². The summed E-state index contributed by atoms with van der Waals surface area (Å²) in [4.78, 5) is 4.26. The molecule has 0 radical (unpaired) electrons. The Bertz CT molecular complexity index is 525. The lowest BCUT2D eigenvalue weighted by Crippen LogP contribution is -2.21. The Morgan fingerprint density at radius 3 is 3.22 bits per heavy atom. The van der Waals surface area contributed by atoms with Gasteiger partial charge in [-0.05, 0) is 30.0 Å². The second-order valence-electron chi connectivity index (χ2n) is 4.53. The minimum Gasteiger partial charge on any atom is -0.309 e. The lowest BCUT2D eigenvalue weighted by atomic mass is 10.1. The summed E-state index contributed by atoms with van der Waals surface area (Å²) in [5.74, 6) is -0.0586. The number of halogens is 1. The van der Waals surface area contributed by atoms with Crippen LogP contribution in [-0.4, -0.2) is 11.5 Å². The van der Waals surface area contributed by atoms with Crippen molar-refractivity contribution in [1.82, 2.24) is 10.3 Å². The minimum absolute atomic E-state index is 0.0586. The minimum atomic E-state index is -0.0586. The molecule has 0 spiro atoms. The van der Waals surface area contributed by atoms with Gasteiger partial charge in [0.25, 0.3) is 0 Å². The van der Waals surface area contributed by atoms with Crippen LogP contribution in [0.3, 0.4) is 0 Å². The van der Waals surface area contributed by atoms with Crippen molar-refractivity contribution >= 4 is 11.3 Å². The highest BCUT2D eigenvalue weighted by molar-refractivity contribution is 7.09. The first kappa shape index (κ1) is 11.8. The molecule has 1 atom stereocenters. The molecule has 1 aliphatic carbocycles. The van der Waals surface area contributed by atoms with E-state index in [4.69, 9.17) is 0 Å². The van der Waals surface area contributed by atoms with Gasteiger partial charge in [0.2, 0.25) is 0 Å². The second-order valence-corrected chi connectivity index (χ2v) is 5.51. The quantitative estimate of drug-likeness (QED) is 0.916. The van der Waals surface area contributed by atoms with Crippen molar-refractivity contribution in [3.63, 3.8) is 0 Å². The summed E-state index contributed by atoms with van der Waals surface area (Å²) < 4.78 is 13.6. The molecule has 3 rings (SSSR count). The van der Waals surface area contributed by atoms with Gasteiger partial charge in [0, 0.05) is 30.6 Å². The summed E-state index contributed by atoms with van der Waals surface area (Å²) in [6.45, 7) is 0.897. The molecule has 0 amide bonds. The Labute approximate surface area is 110 Å². The van der Waals surface area contributed by atoms with Crippen LogP contribution in [0.4, 0.5) is 4.39 Å². The Hall–Kier alpha value is -1.26. The van der Waals surface area contributed by atoms with E-state index in [1.807, 2.05) is 17.6 Å². The van der Waals surface area contributed by atoms with Crippen molar-refractivity contribution < 1.29 is 4.39 Å². The molecular formula is C14H15FN2S. The highest BCUT2D eigenvalue weighted by atomic mass is 32.1. The predicted molar refractivity (Wildman–Crippen MR) is 71.3 cm³/mol. The maximum absolute atomic E-state index is 13.6. The molecule has 94 valence electrons. The van der Waals surface area contributed by atoms with Crippen LogP contribution in [0.5, 0.6) is 0 Å². The molecule has 4 heteroatoms. The van der Waals surface area contributed by atoms with Crippen molar-refractivity contribution in [2.24, 2.45) is 0 Å². The molecule has 0 saturated heterocycles. The zero-order valence-corrected chi connectivity index (χ0v) is 10.8. The third-order valence-electron chi connectivity index (χ3n) is 3.43. The first-order chi connectivity index (χ1) is 8.84. The van der Waals surface area contributed by atoms with Gasteiger partial charge in [0.1, 0.15) is 5.82 Å². The molecule has 1 heterocycles. The van der Waals surface area contributed by atoms with Gasteiger partial charge < -0.3 is 5.32 Å². The molecule has 1 N–H and O–H groups in total. The summed E-state index contributed by atoms with van der Waals surface area (Å²) >= 11 is 1.68. The molecule has 0 aliphatic heterocycles. The van der Waals surface area contributed by atoms with Crippen LogP contribution in [0.1, 0.15) is 28.6 Å². The van der Waals surface area contributed by atoms with E-state index in [0.29, 0.717) is 6.04 Å². The summed E-state index contributed by atoms with van der Waals surface area (Å²) in [7, 11) is 0. The van der Waals surface area contributed by atoms with Gasteiger partial charge in [0.15, 0.2) is 0 Å². The molecule has 0 bridgehead atoms. The maximum Gasteiger partial charge on any atom is 0.126 e. The first-order valence-electron chi connectivity index (χ1n) is 6.23. The van der Waals surface area contributed by atoms with E-state index >= 15 is 0 Å². The first-order valence-corrected chi connectivity index (χ1v) is 7.11. The SMILES string of the molecule is Fc1cccc2c1CCC2NCCc1nccs1. The average Bonchev–Trinajstić information content (AvgIpc) is 3.00. The summed E-state index contributed by atoms with van der Waals surface area (Å²) in [5.41, 5.74) is 2.03. The van der Waals surface area contributed by atoms with Crippen LogP contribution in [-0.2, 0) is 12.8 Å². The number of thiazole rings is 1. The Kier molecular flexibility index (Phi) is 3.39. The zero-order valence-electron chi connectivity index (χ0n) is 10.0. The van der Waals surface area contributed by atoms with Crippen LogP contribution in [0.2, 0.25) is 0 Å². The zero-order chi connectivity index (χ0) is 12.4. The topological polar surface area (TPSA) is 24.9 Å². The number of fused-ring (bicyclic) bond motifs is 1. The third kappa shape index (κ3) is 2.31. The van der Waals surface area contributed by atoms with Crippen LogP contribution < -0.4 is 5.32 Å². The summed E-state index contributed by atoms with van der Waals surface area (Å²) in [6, 6.07) is 5.69. The van der Waals surface area contributed by atoms with Crippen LogP contribution in [0.15, 0.2) is 29.8 Å². The highest BCUT2D eigenvalue weighted by Gasteiger charge is 2.23. The number of nitrogens with zero attached hydrogens (tertiary/aromatic N) is 1. The van der Waals surface area contributed by atoms with Gasteiger partial charge in [-0.2, -0.15) is 0 Å². The number of hydrogen-bond acceptors (Lipinski definition) is 3. The van der Waals surface area contributed by atoms with Gasteiger partial charge in [-0.3, -0.25) is 0 Å². The van der Waals surface area contributed by atoms with Gasteiger partial charge in [-0.15, -0.1) is 11.3 Å². The van der Waals surface area contributed by atoms with E-state index in [0.717, 1.165) is 41.9 Å². The van der Waals surface area contributed by atoms with Gasteiger partial charge in [0.05, 0.1) is 5.01 Å². The molecule has 2 nitrogen and oxygen atoms in total. The van der Waals surface area contributed by atoms with Crippen LogP contribution >= 0.6 is 11.3 Å². The highest BCUT2D eigenvalue weighted by Crippen LogP contribution is 2.32. The van der Waals surface area contributed by atoms with E-state index in [9.17, 15) is 4.39 Å². The Balaban J connectivity index is 1.61. The van der Waals surface area contributed by atoms with Gasteiger partial charge >= 0.3 is 0 Å². The second kappa shape index (κ2) is 5.16. The van der Waals surface area contributed by atoms with Crippen molar-refractivity contribution in [2.45, 2.75) is 25.3 Å². The Morgan fingerprint density at radius 2 is 2.39 bits per heavy atom. The fourth-order valence-corrected chi connectivity index (χ4v) is 3.17. The van der Waals surface area contributed by atoms with Gasteiger partial charge in [-0.25, -0.2) is 9.37 Å². The number of aromatic nitrogens is 1. The fraction of sp³-hybridized carbons (Fsp3) is 0.357. The number of hydrogen-bond donors (Lipinski definition) is 1. The lowest BCUT2D eigenvalue weighted by molar-refractivity contribution is 0.533. The average molecular weight is 262 g/mol. The van der Waals surface area contributed by atoms with E-state index in [1.54, 1.807) is 23.5 Å². The molecule has 18 heavy (non-hydrogen) atoms. The standard InChI is InChI=1S/C14H15FN2S/c15-12-3-1-2-11-10(12)4-5-13(11)16-7-6-14-17-8-9-18-14/h1-3,8-9,13,16H,4-7H2. The molecule has 1 aromatic heterocycles. The fourth-order valence-electron chi connectivity index (χ4n) is 2.55. The molecular weight excluding hydrogens is 247 g/mol. The molecule has 1 unspecified atom stereocenters. The van der Waals surface area contributed by atoms with Crippen molar-refractivity contribution in [3.05, 3.63) is 51.7 Å². The molecule has 1 aliphatic rings. The summed E-state index contributed by atoms with van der Waals surface area (Å²) in [5, 5.41) is 6.65. The molecule has 0 saturated carbocycles.